The van der Waals surface area contributed by atoms with Gasteiger partial charge in [-0.2, -0.15) is 17.5 Å². The van der Waals surface area contributed by atoms with Crippen LogP contribution in [-0.2, 0) is 10.0 Å². The molecule has 0 saturated carbocycles. The summed E-state index contributed by atoms with van der Waals surface area (Å²) < 4.78 is 73.0. The molecule has 0 atom stereocenters. The number of sulfonamides is 1. The lowest BCUT2D eigenvalue weighted by molar-refractivity contribution is -0.135. The fourth-order valence-corrected chi connectivity index (χ4v) is 2.25. The van der Waals surface area contributed by atoms with Gasteiger partial charge in [0.2, 0.25) is 5.03 Å². The highest BCUT2D eigenvalue weighted by molar-refractivity contribution is 7.89. The lowest BCUT2D eigenvalue weighted by Crippen LogP contribution is -2.31. The van der Waals surface area contributed by atoms with Crippen molar-refractivity contribution in [2.24, 2.45) is 0 Å². The second kappa shape index (κ2) is 5.19. The van der Waals surface area contributed by atoms with E-state index in [1.807, 2.05) is 0 Å². The summed E-state index contributed by atoms with van der Waals surface area (Å²) >= 11 is 0. The number of alkyl halides is 3. The molecule has 0 saturated heterocycles. The predicted octanol–water partition coefficient (Wildman–Crippen LogP) is 1.79. The average molecular weight is 286 g/mol. The van der Waals surface area contributed by atoms with Crippen LogP contribution in [0.1, 0.15) is 6.42 Å². The zero-order chi connectivity index (χ0) is 14.0. The SMILES string of the molecule is CN(CCC(F)(F)F)S(=O)(=O)c1ncccc1F. The summed E-state index contributed by atoms with van der Waals surface area (Å²) in [5, 5.41) is -0.880. The lowest BCUT2D eigenvalue weighted by atomic mass is 10.4. The van der Waals surface area contributed by atoms with Gasteiger partial charge in [0.25, 0.3) is 10.0 Å². The van der Waals surface area contributed by atoms with Gasteiger partial charge >= 0.3 is 6.18 Å². The van der Waals surface area contributed by atoms with E-state index >= 15 is 0 Å². The number of aromatic nitrogens is 1. The van der Waals surface area contributed by atoms with Crippen LogP contribution < -0.4 is 0 Å². The molecule has 0 amide bonds. The summed E-state index contributed by atoms with van der Waals surface area (Å²) in [5.74, 6) is -1.10. The standard InChI is InChI=1S/C9H10F4N2O2S/c1-15(6-4-9(11,12)13)18(16,17)8-7(10)3-2-5-14-8/h2-3,5H,4,6H2,1H3. The zero-order valence-electron chi connectivity index (χ0n) is 9.28. The molecule has 4 nitrogen and oxygen atoms in total. The molecule has 0 bridgehead atoms. The molecule has 0 aliphatic heterocycles. The van der Waals surface area contributed by atoms with Crippen LogP contribution in [0.3, 0.4) is 0 Å². The Bertz CT molecular complexity index is 516. The molecule has 0 aliphatic rings. The van der Waals surface area contributed by atoms with E-state index in [-0.39, 0.29) is 0 Å². The Kier molecular flexibility index (Phi) is 4.28. The van der Waals surface area contributed by atoms with Crippen LogP contribution in [0.4, 0.5) is 17.6 Å². The Hall–Kier alpha value is -1.22. The highest BCUT2D eigenvalue weighted by atomic mass is 32.2. The quantitative estimate of drug-likeness (QED) is 0.793. The number of rotatable bonds is 4. The molecule has 1 rings (SSSR count). The molecular weight excluding hydrogens is 276 g/mol. The molecule has 102 valence electrons. The van der Waals surface area contributed by atoms with E-state index in [1.54, 1.807) is 0 Å². The molecule has 0 aliphatic carbocycles. The number of hydrogen-bond acceptors (Lipinski definition) is 3. The van der Waals surface area contributed by atoms with Crippen LogP contribution in [0.2, 0.25) is 0 Å². The van der Waals surface area contributed by atoms with Gasteiger partial charge in [-0.1, -0.05) is 0 Å². The third kappa shape index (κ3) is 3.64. The first kappa shape index (κ1) is 14.8. The molecular formula is C9H10F4N2O2S. The van der Waals surface area contributed by atoms with E-state index < -0.39 is 40.0 Å². The van der Waals surface area contributed by atoms with E-state index in [4.69, 9.17) is 0 Å². The number of halogens is 4. The van der Waals surface area contributed by atoms with Crippen molar-refractivity contribution in [1.29, 1.82) is 0 Å². The maximum absolute atomic E-state index is 13.2. The van der Waals surface area contributed by atoms with E-state index in [9.17, 15) is 26.0 Å². The Morgan fingerprint density at radius 1 is 1.39 bits per heavy atom. The molecule has 0 fully saturated rings. The Labute approximate surface area is 101 Å². The van der Waals surface area contributed by atoms with Crippen LogP contribution in [0, 0.1) is 5.82 Å². The van der Waals surface area contributed by atoms with Crippen molar-refractivity contribution in [1.82, 2.24) is 9.29 Å². The first-order valence-electron chi connectivity index (χ1n) is 4.78. The van der Waals surface area contributed by atoms with Gasteiger partial charge in [-0.15, -0.1) is 0 Å². The fraction of sp³-hybridized carbons (Fsp3) is 0.444. The van der Waals surface area contributed by atoms with Crippen molar-refractivity contribution in [2.75, 3.05) is 13.6 Å². The number of pyridine rings is 1. The molecule has 1 aromatic heterocycles. The average Bonchev–Trinajstić information content (AvgIpc) is 2.25. The van der Waals surface area contributed by atoms with Crippen LogP contribution >= 0.6 is 0 Å². The van der Waals surface area contributed by atoms with Gasteiger partial charge in [-0.25, -0.2) is 17.8 Å². The molecule has 0 unspecified atom stereocenters. The second-order valence-corrected chi connectivity index (χ2v) is 5.44. The molecule has 9 heteroatoms. The first-order valence-corrected chi connectivity index (χ1v) is 6.22. The smallest absolute Gasteiger partial charge is 0.241 e. The van der Waals surface area contributed by atoms with Gasteiger partial charge in [0.1, 0.15) is 0 Å². The normalized spacial score (nSPS) is 13.0. The summed E-state index contributed by atoms with van der Waals surface area (Å²) in [6, 6.07) is 2.06. The third-order valence-corrected chi connectivity index (χ3v) is 3.88. The summed E-state index contributed by atoms with van der Waals surface area (Å²) in [6.45, 7) is -0.790. The van der Waals surface area contributed by atoms with Crippen molar-refractivity contribution in [2.45, 2.75) is 17.6 Å². The van der Waals surface area contributed by atoms with Crippen molar-refractivity contribution in [3.8, 4) is 0 Å². The number of hydrogen-bond donors (Lipinski definition) is 0. The molecule has 0 spiro atoms. The van der Waals surface area contributed by atoms with Crippen LogP contribution in [0.15, 0.2) is 23.4 Å². The van der Waals surface area contributed by atoms with E-state index in [2.05, 4.69) is 4.98 Å². The van der Waals surface area contributed by atoms with Crippen LogP contribution in [0.5, 0.6) is 0 Å². The highest BCUT2D eigenvalue weighted by Gasteiger charge is 2.31. The first-order chi connectivity index (χ1) is 8.14. The van der Waals surface area contributed by atoms with Crippen LogP contribution in [-0.4, -0.2) is 37.5 Å². The monoisotopic (exact) mass is 286 g/mol. The minimum absolute atomic E-state index is 0.423. The minimum atomic E-state index is -4.48. The van der Waals surface area contributed by atoms with Crippen molar-refractivity contribution >= 4 is 10.0 Å². The second-order valence-electron chi connectivity index (χ2n) is 3.48. The van der Waals surface area contributed by atoms with E-state index in [0.717, 1.165) is 19.3 Å². The van der Waals surface area contributed by atoms with Gasteiger partial charge in [0, 0.05) is 19.8 Å². The van der Waals surface area contributed by atoms with Crippen molar-refractivity contribution in [3.63, 3.8) is 0 Å². The van der Waals surface area contributed by atoms with Gasteiger partial charge < -0.3 is 0 Å². The Balaban J connectivity index is 2.91. The molecule has 0 N–H and O–H groups in total. The van der Waals surface area contributed by atoms with Gasteiger partial charge in [-0.05, 0) is 12.1 Å². The largest absolute Gasteiger partial charge is 0.390 e. The van der Waals surface area contributed by atoms with Gasteiger partial charge in [0.15, 0.2) is 5.82 Å². The highest BCUT2D eigenvalue weighted by Crippen LogP contribution is 2.22. The molecule has 18 heavy (non-hydrogen) atoms. The Morgan fingerprint density at radius 3 is 2.50 bits per heavy atom. The van der Waals surface area contributed by atoms with Crippen molar-refractivity contribution < 1.29 is 26.0 Å². The maximum atomic E-state index is 13.2. The molecule has 0 radical (unpaired) electrons. The topological polar surface area (TPSA) is 50.3 Å². The van der Waals surface area contributed by atoms with E-state index in [1.165, 1.54) is 6.07 Å². The van der Waals surface area contributed by atoms with Gasteiger partial charge in [0.05, 0.1) is 6.42 Å². The van der Waals surface area contributed by atoms with Crippen LogP contribution in [0.25, 0.3) is 0 Å². The molecule has 0 aromatic carbocycles. The lowest BCUT2D eigenvalue weighted by Gasteiger charge is -2.17. The minimum Gasteiger partial charge on any atom is -0.241 e. The maximum Gasteiger partial charge on any atom is 0.390 e. The van der Waals surface area contributed by atoms with Crippen molar-refractivity contribution in [3.05, 3.63) is 24.1 Å². The molecule has 1 heterocycles. The summed E-state index contributed by atoms with van der Waals surface area (Å²) in [5.41, 5.74) is 0. The number of nitrogens with zero attached hydrogens (tertiary/aromatic N) is 2. The Morgan fingerprint density at radius 2 is 2.00 bits per heavy atom. The third-order valence-electron chi connectivity index (χ3n) is 2.09. The van der Waals surface area contributed by atoms with Gasteiger partial charge in [-0.3, -0.25) is 0 Å². The molecule has 1 aromatic rings. The fourth-order valence-electron chi connectivity index (χ4n) is 1.11. The van der Waals surface area contributed by atoms with E-state index in [0.29, 0.717) is 4.31 Å². The summed E-state index contributed by atoms with van der Waals surface area (Å²) in [6.07, 6.45) is -4.74. The summed E-state index contributed by atoms with van der Waals surface area (Å²) in [7, 11) is -3.41. The predicted molar refractivity (Wildman–Crippen MR) is 54.7 cm³/mol. The summed E-state index contributed by atoms with van der Waals surface area (Å²) in [4.78, 5) is 3.33. The zero-order valence-corrected chi connectivity index (χ0v) is 10.1.